The van der Waals surface area contributed by atoms with Crippen LogP contribution in [0.15, 0.2) is 24.3 Å². The molecule has 1 aromatic rings. The van der Waals surface area contributed by atoms with E-state index in [1.807, 2.05) is 31.2 Å². The lowest BCUT2D eigenvalue weighted by Gasteiger charge is -2.32. The van der Waals surface area contributed by atoms with Crippen LogP contribution < -0.4 is 10.1 Å². The maximum Gasteiger partial charge on any atom is 0.242 e. The van der Waals surface area contributed by atoms with Gasteiger partial charge in [0.1, 0.15) is 11.8 Å². The summed E-state index contributed by atoms with van der Waals surface area (Å²) >= 11 is 0. The molecule has 2 rings (SSSR count). The Bertz CT molecular complexity index is 502. The number of piperazine rings is 1. The molecule has 1 saturated heterocycles. The minimum atomic E-state index is -0.394. The Morgan fingerprint density at radius 2 is 2.20 bits per heavy atom. The van der Waals surface area contributed by atoms with Gasteiger partial charge in [-0.05, 0) is 25.5 Å². The zero-order valence-corrected chi connectivity index (χ0v) is 11.9. The van der Waals surface area contributed by atoms with Crippen LogP contribution in [0, 0.1) is 6.92 Å². The first-order valence-electron chi connectivity index (χ1n) is 6.85. The first-order valence-corrected chi connectivity index (χ1v) is 6.85. The molecule has 0 bridgehead atoms. The second-order valence-electron chi connectivity index (χ2n) is 4.92. The van der Waals surface area contributed by atoms with E-state index < -0.39 is 6.04 Å². The summed E-state index contributed by atoms with van der Waals surface area (Å²) in [6.45, 7) is 5.13. The molecule has 0 radical (unpaired) electrons. The van der Waals surface area contributed by atoms with Gasteiger partial charge < -0.3 is 15.0 Å². The summed E-state index contributed by atoms with van der Waals surface area (Å²) in [6.07, 6.45) is 0.284. The number of nitrogens with zero attached hydrogens (tertiary/aromatic N) is 1. The predicted molar refractivity (Wildman–Crippen MR) is 75.5 cm³/mol. The van der Waals surface area contributed by atoms with Gasteiger partial charge in [0.15, 0.2) is 0 Å². The SMILES string of the molecule is Cc1ccccc1OCCC(=O)N1CCNC(=O)C1C. The van der Waals surface area contributed by atoms with Crippen LogP contribution in [-0.4, -0.2) is 42.5 Å². The van der Waals surface area contributed by atoms with Crippen LogP contribution in [0.3, 0.4) is 0 Å². The second-order valence-corrected chi connectivity index (χ2v) is 4.92. The standard InChI is InChI=1S/C15H20N2O3/c1-11-5-3-4-6-13(11)20-10-7-14(18)17-9-8-16-15(19)12(17)2/h3-6,12H,7-10H2,1-2H3,(H,16,19). The highest BCUT2D eigenvalue weighted by atomic mass is 16.5. The monoisotopic (exact) mass is 276 g/mol. The number of hydrogen-bond donors (Lipinski definition) is 1. The summed E-state index contributed by atoms with van der Waals surface area (Å²) in [5.41, 5.74) is 1.05. The van der Waals surface area contributed by atoms with Crippen LogP contribution in [0.1, 0.15) is 18.9 Å². The number of carbonyl (C=O) groups excluding carboxylic acids is 2. The van der Waals surface area contributed by atoms with Gasteiger partial charge >= 0.3 is 0 Å². The maximum atomic E-state index is 12.1. The van der Waals surface area contributed by atoms with E-state index in [1.54, 1.807) is 11.8 Å². The Hall–Kier alpha value is -2.04. The summed E-state index contributed by atoms with van der Waals surface area (Å²) in [5.74, 6) is 0.662. The zero-order valence-electron chi connectivity index (χ0n) is 11.9. The van der Waals surface area contributed by atoms with Crippen molar-refractivity contribution in [3.63, 3.8) is 0 Å². The van der Waals surface area contributed by atoms with Crippen LogP contribution in [0.5, 0.6) is 5.75 Å². The lowest BCUT2D eigenvalue weighted by Crippen LogP contribution is -2.56. The number of para-hydroxylation sites is 1. The van der Waals surface area contributed by atoms with Gasteiger partial charge in [0.25, 0.3) is 0 Å². The van der Waals surface area contributed by atoms with Gasteiger partial charge in [-0.25, -0.2) is 0 Å². The van der Waals surface area contributed by atoms with Gasteiger partial charge in [-0.15, -0.1) is 0 Å². The van der Waals surface area contributed by atoms with Crippen molar-refractivity contribution < 1.29 is 14.3 Å². The lowest BCUT2D eigenvalue weighted by atomic mass is 10.2. The fraction of sp³-hybridized carbons (Fsp3) is 0.467. The van der Waals surface area contributed by atoms with E-state index in [-0.39, 0.29) is 18.2 Å². The molecule has 1 aliphatic heterocycles. The van der Waals surface area contributed by atoms with E-state index in [2.05, 4.69) is 5.32 Å². The van der Waals surface area contributed by atoms with Gasteiger partial charge in [0.2, 0.25) is 11.8 Å². The van der Waals surface area contributed by atoms with Crippen LogP contribution >= 0.6 is 0 Å². The molecule has 5 nitrogen and oxygen atoms in total. The number of carbonyl (C=O) groups is 2. The van der Waals surface area contributed by atoms with Crippen molar-refractivity contribution in [1.82, 2.24) is 10.2 Å². The van der Waals surface area contributed by atoms with E-state index >= 15 is 0 Å². The first-order chi connectivity index (χ1) is 9.59. The summed E-state index contributed by atoms with van der Waals surface area (Å²) in [4.78, 5) is 25.2. The first kappa shape index (κ1) is 14.4. The normalized spacial score (nSPS) is 18.6. The maximum absolute atomic E-state index is 12.1. The molecule has 0 aliphatic carbocycles. The molecule has 20 heavy (non-hydrogen) atoms. The molecule has 1 atom stereocenters. The minimum absolute atomic E-state index is 0.0408. The number of benzene rings is 1. The van der Waals surface area contributed by atoms with Crippen LogP contribution in [0.2, 0.25) is 0 Å². The van der Waals surface area contributed by atoms with E-state index in [0.29, 0.717) is 19.7 Å². The molecule has 1 unspecified atom stereocenters. The number of ether oxygens (including phenoxy) is 1. The number of amides is 2. The lowest BCUT2D eigenvalue weighted by molar-refractivity contribution is -0.142. The van der Waals surface area contributed by atoms with Gasteiger partial charge in [-0.1, -0.05) is 18.2 Å². The van der Waals surface area contributed by atoms with Crippen molar-refractivity contribution in [2.75, 3.05) is 19.7 Å². The smallest absolute Gasteiger partial charge is 0.242 e. The van der Waals surface area contributed by atoms with Gasteiger partial charge in [-0.3, -0.25) is 9.59 Å². The highest BCUT2D eigenvalue weighted by molar-refractivity contribution is 5.88. The molecular formula is C15H20N2O3. The van der Waals surface area contributed by atoms with Crippen LogP contribution in [-0.2, 0) is 9.59 Å². The van der Waals surface area contributed by atoms with E-state index in [0.717, 1.165) is 11.3 Å². The number of aryl methyl sites for hydroxylation is 1. The van der Waals surface area contributed by atoms with Crippen molar-refractivity contribution in [2.45, 2.75) is 26.3 Å². The van der Waals surface area contributed by atoms with E-state index in [1.165, 1.54) is 0 Å². The predicted octanol–water partition coefficient (Wildman–Crippen LogP) is 1.11. The molecule has 1 fully saturated rings. The van der Waals surface area contributed by atoms with Crippen molar-refractivity contribution in [3.8, 4) is 5.75 Å². The van der Waals surface area contributed by atoms with Crippen LogP contribution in [0.4, 0.5) is 0 Å². The van der Waals surface area contributed by atoms with Gasteiger partial charge in [0, 0.05) is 13.1 Å². The summed E-state index contributed by atoms with van der Waals surface area (Å²) in [5, 5.41) is 2.74. The van der Waals surface area contributed by atoms with Crippen molar-refractivity contribution in [2.24, 2.45) is 0 Å². The molecule has 1 aliphatic rings. The third kappa shape index (κ3) is 3.29. The van der Waals surface area contributed by atoms with Crippen molar-refractivity contribution >= 4 is 11.8 Å². The van der Waals surface area contributed by atoms with E-state index in [4.69, 9.17) is 4.74 Å². The summed E-state index contributed by atoms with van der Waals surface area (Å²) < 4.78 is 5.61. The molecule has 2 amide bonds. The quantitative estimate of drug-likeness (QED) is 0.896. The topological polar surface area (TPSA) is 58.6 Å². The average molecular weight is 276 g/mol. The molecule has 108 valence electrons. The van der Waals surface area contributed by atoms with Gasteiger partial charge in [0.05, 0.1) is 13.0 Å². The molecule has 0 aromatic heterocycles. The van der Waals surface area contributed by atoms with Crippen molar-refractivity contribution in [1.29, 1.82) is 0 Å². The summed E-state index contributed by atoms with van der Waals surface area (Å²) in [6, 6.07) is 7.31. The third-order valence-electron chi connectivity index (χ3n) is 3.49. The van der Waals surface area contributed by atoms with Crippen LogP contribution in [0.25, 0.3) is 0 Å². The average Bonchev–Trinajstić information content (AvgIpc) is 2.44. The molecule has 1 heterocycles. The Labute approximate surface area is 118 Å². The highest BCUT2D eigenvalue weighted by Crippen LogP contribution is 2.16. The molecule has 1 aromatic carbocycles. The zero-order chi connectivity index (χ0) is 14.5. The van der Waals surface area contributed by atoms with Crippen molar-refractivity contribution in [3.05, 3.63) is 29.8 Å². The van der Waals surface area contributed by atoms with Gasteiger partial charge in [-0.2, -0.15) is 0 Å². The molecular weight excluding hydrogens is 256 g/mol. The number of rotatable bonds is 4. The summed E-state index contributed by atoms with van der Waals surface area (Å²) in [7, 11) is 0. The fourth-order valence-corrected chi connectivity index (χ4v) is 2.23. The molecule has 0 saturated carbocycles. The Balaban J connectivity index is 1.83. The number of nitrogens with one attached hydrogen (secondary N) is 1. The molecule has 5 heteroatoms. The Morgan fingerprint density at radius 3 is 2.95 bits per heavy atom. The highest BCUT2D eigenvalue weighted by Gasteiger charge is 2.28. The Kier molecular flexibility index (Phi) is 4.61. The second kappa shape index (κ2) is 6.41. The van der Waals surface area contributed by atoms with E-state index in [9.17, 15) is 9.59 Å². The molecule has 1 N–H and O–H groups in total. The third-order valence-corrected chi connectivity index (χ3v) is 3.49. The largest absolute Gasteiger partial charge is 0.493 e. The fourth-order valence-electron chi connectivity index (χ4n) is 2.23. The Morgan fingerprint density at radius 1 is 1.45 bits per heavy atom. The molecule has 0 spiro atoms. The minimum Gasteiger partial charge on any atom is -0.493 e. The number of hydrogen-bond acceptors (Lipinski definition) is 3.